The van der Waals surface area contributed by atoms with E-state index in [-0.39, 0.29) is 23.4 Å². The average molecular weight is 410 g/mol. The van der Waals surface area contributed by atoms with Gasteiger partial charge in [-0.3, -0.25) is 9.59 Å². The van der Waals surface area contributed by atoms with Crippen LogP contribution in [0.25, 0.3) is 5.76 Å². The Bertz CT molecular complexity index is 1010. The number of halogens is 1. The van der Waals surface area contributed by atoms with Crippen molar-refractivity contribution in [1.29, 1.82) is 0 Å². The van der Waals surface area contributed by atoms with Crippen LogP contribution in [0.3, 0.4) is 0 Å². The summed E-state index contributed by atoms with van der Waals surface area (Å²) >= 11 is 0. The van der Waals surface area contributed by atoms with Gasteiger partial charge in [-0.1, -0.05) is 30.3 Å². The van der Waals surface area contributed by atoms with Crippen LogP contribution < -0.4 is 0 Å². The van der Waals surface area contributed by atoms with E-state index in [0.29, 0.717) is 18.5 Å². The number of rotatable bonds is 6. The molecule has 1 heterocycles. The minimum atomic E-state index is -0.963. The van der Waals surface area contributed by atoms with E-state index in [1.807, 2.05) is 38.9 Å². The maximum atomic E-state index is 14.7. The maximum absolute atomic E-state index is 14.7. The summed E-state index contributed by atoms with van der Waals surface area (Å²) in [7, 11) is 3.84. The van der Waals surface area contributed by atoms with Gasteiger partial charge < -0.3 is 14.9 Å². The monoisotopic (exact) mass is 410 g/mol. The Morgan fingerprint density at radius 1 is 1.10 bits per heavy atom. The van der Waals surface area contributed by atoms with Crippen molar-refractivity contribution in [2.24, 2.45) is 0 Å². The molecule has 5 nitrogen and oxygen atoms in total. The molecule has 1 aliphatic heterocycles. The van der Waals surface area contributed by atoms with E-state index >= 15 is 0 Å². The van der Waals surface area contributed by atoms with Crippen molar-refractivity contribution in [3.05, 3.63) is 76.1 Å². The number of carbonyl (C=O) groups excluding carboxylic acids is 2. The Morgan fingerprint density at radius 3 is 2.43 bits per heavy atom. The molecule has 1 atom stereocenters. The highest BCUT2D eigenvalue weighted by atomic mass is 19.1. The molecule has 3 rings (SSSR count). The number of carbonyl (C=O) groups is 2. The first-order valence-corrected chi connectivity index (χ1v) is 9.97. The fourth-order valence-electron chi connectivity index (χ4n) is 3.73. The molecule has 1 aliphatic rings. The van der Waals surface area contributed by atoms with Crippen LogP contribution in [0.2, 0.25) is 0 Å². The van der Waals surface area contributed by atoms with Crippen molar-refractivity contribution >= 4 is 17.4 Å². The summed E-state index contributed by atoms with van der Waals surface area (Å²) in [6, 6.07) is 10.4. The van der Waals surface area contributed by atoms with Gasteiger partial charge in [0.05, 0.1) is 11.6 Å². The summed E-state index contributed by atoms with van der Waals surface area (Å²) < 4.78 is 14.7. The van der Waals surface area contributed by atoms with Gasteiger partial charge in [-0.2, -0.15) is 0 Å². The molecule has 1 unspecified atom stereocenters. The number of aliphatic hydroxyl groups excluding tert-OH is 1. The number of benzene rings is 2. The number of hydrogen-bond donors (Lipinski definition) is 1. The molecule has 0 saturated carbocycles. The van der Waals surface area contributed by atoms with Gasteiger partial charge in [0.1, 0.15) is 11.6 Å². The fourth-order valence-corrected chi connectivity index (χ4v) is 3.73. The summed E-state index contributed by atoms with van der Waals surface area (Å²) in [6.45, 7) is 4.85. The largest absolute Gasteiger partial charge is 0.507 e. The molecule has 0 radical (unpaired) electrons. The van der Waals surface area contributed by atoms with Crippen LogP contribution in [0, 0.1) is 19.7 Å². The molecule has 0 aromatic heterocycles. The first-order valence-electron chi connectivity index (χ1n) is 9.97. The zero-order valence-electron chi connectivity index (χ0n) is 17.8. The number of ketones is 1. The number of aryl methyl sites for hydroxylation is 2. The molecule has 1 fully saturated rings. The third-order valence-electron chi connectivity index (χ3n) is 5.52. The average Bonchev–Trinajstić information content (AvgIpc) is 2.94. The van der Waals surface area contributed by atoms with Gasteiger partial charge in [-0.25, -0.2) is 4.39 Å². The van der Waals surface area contributed by atoms with Gasteiger partial charge in [0.15, 0.2) is 0 Å². The number of likely N-dealkylation sites (tertiary alicyclic amines) is 1. The quantitative estimate of drug-likeness (QED) is 0.447. The molecule has 0 bridgehead atoms. The van der Waals surface area contributed by atoms with E-state index in [1.54, 1.807) is 30.3 Å². The predicted octanol–water partition coefficient (Wildman–Crippen LogP) is 3.82. The SMILES string of the molecule is Cc1ccc(/C(O)=C2\C(=O)C(=O)N(CCCN(C)C)C2c2ccccc2F)cc1C. The van der Waals surface area contributed by atoms with Gasteiger partial charge in [0.2, 0.25) is 0 Å². The fraction of sp³-hybridized carbons (Fsp3) is 0.333. The van der Waals surface area contributed by atoms with Crippen LogP contribution >= 0.6 is 0 Å². The molecule has 1 N–H and O–H groups in total. The topological polar surface area (TPSA) is 60.9 Å². The lowest BCUT2D eigenvalue weighted by Gasteiger charge is -2.26. The molecular formula is C24H27FN2O3. The third-order valence-corrected chi connectivity index (χ3v) is 5.52. The zero-order valence-corrected chi connectivity index (χ0v) is 17.8. The molecule has 30 heavy (non-hydrogen) atoms. The third kappa shape index (κ3) is 4.14. The lowest BCUT2D eigenvalue weighted by Crippen LogP contribution is -2.32. The molecule has 0 spiro atoms. The van der Waals surface area contributed by atoms with Crippen LogP contribution in [0.1, 0.15) is 34.7 Å². The summed E-state index contributed by atoms with van der Waals surface area (Å²) in [5, 5.41) is 11.0. The summed E-state index contributed by atoms with van der Waals surface area (Å²) in [5.74, 6) is -2.30. The molecule has 1 saturated heterocycles. The molecular weight excluding hydrogens is 383 g/mol. The number of hydrogen-bond acceptors (Lipinski definition) is 4. The minimum absolute atomic E-state index is 0.0711. The van der Waals surface area contributed by atoms with Gasteiger partial charge in [0, 0.05) is 17.7 Å². The Morgan fingerprint density at radius 2 is 1.80 bits per heavy atom. The van der Waals surface area contributed by atoms with E-state index in [9.17, 15) is 19.1 Å². The highest BCUT2D eigenvalue weighted by Gasteiger charge is 2.46. The van der Waals surface area contributed by atoms with Crippen LogP contribution in [0.4, 0.5) is 4.39 Å². The van der Waals surface area contributed by atoms with Crippen molar-refractivity contribution in [2.45, 2.75) is 26.3 Å². The van der Waals surface area contributed by atoms with E-state index in [2.05, 4.69) is 0 Å². The Kier molecular flexibility index (Phi) is 6.37. The standard InChI is InChI=1S/C24H27FN2O3/c1-15-10-11-17(14-16(15)2)22(28)20-21(18-8-5-6-9-19(18)25)27(24(30)23(20)29)13-7-12-26(3)4/h5-6,8-11,14,21,28H,7,12-13H2,1-4H3/b22-20+. The lowest BCUT2D eigenvalue weighted by atomic mass is 9.94. The zero-order chi connectivity index (χ0) is 22.0. The van der Waals surface area contributed by atoms with Crippen molar-refractivity contribution in [3.8, 4) is 0 Å². The molecule has 6 heteroatoms. The van der Waals surface area contributed by atoms with Gasteiger partial charge in [0.25, 0.3) is 11.7 Å². The summed E-state index contributed by atoms with van der Waals surface area (Å²) in [6.07, 6.45) is 0.620. The van der Waals surface area contributed by atoms with Crippen LogP contribution in [0.15, 0.2) is 48.0 Å². The molecule has 1 amide bonds. The highest BCUT2D eigenvalue weighted by Crippen LogP contribution is 2.40. The van der Waals surface area contributed by atoms with E-state index < -0.39 is 23.5 Å². The van der Waals surface area contributed by atoms with Crippen LogP contribution in [-0.2, 0) is 9.59 Å². The molecule has 0 aliphatic carbocycles. The van der Waals surface area contributed by atoms with Gasteiger partial charge >= 0.3 is 0 Å². The Balaban J connectivity index is 2.13. The normalized spacial score (nSPS) is 18.5. The minimum Gasteiger partial charge on any atom is -0.507 e. The predicted molar refractivity (Wildman–Crippen MR) is 114 cm³/mol. The van der Waals surface area contributed by atoms with Crippen LogP contribution in [-0.4, -0.2) is 53.8 Å². The summed E-state index contributed by atoms with van der Waals surface area (Å²) in [4.78, 5) is 29.1. The number of amides is 1. The van der Waals surface area contributed by atoms with Gasteiger partial charge in [-0.15, -0.1) is 0 Å². The van der Waals surface area contributed by atoms with Crippen molar-refractivity contribution < 1.29 is 19.1 Å². The van der Waals surface area contributed by atoms with Crippen LogP contribution in [0.5, 0.6) is 0 Å². The van der Waals surface area contributed by atoms with E-state index in [4.69, 9.17) is 0 Å². The maximum Gasteiger partial charge on any atom is 0.295 e. The van der Waals surface area contributed by atoms with E-state index in [1.165, 1.54) is 11.0 Å². The Labute approximate surface area is 176 Å². The first-order chi connectivity index (χ1) is 14.2. The molecule has 158 valence electrons. The lowest BCUT2D eigenvalue weighted by molar-refractivity contribution is -0.140. The number of aliphatic hydroxyl groups is 1. The van der Waals surface area contributed by atoms with E-state index in [0.717, 1.165) is 11.1 Å². The first kappa shape index (κ1) is 21.7. The Hall–Kier alpha value is -2.99. The summed E-state index contributed by atoms with van der Waals surface area (Å²) in [5.41, 5.74) is 2.55. The van der Waals surface area contributed by atoms with Gasteiger partial charge in [-0.05, 0) is 64.2 Å². The molecule has 2 aromatic rings. The van der Waals surface area contributed by atoms with Crippen molar-refractivity contribution in [1.82, 2.24) is 9.80 Å². The van der Waals surface area contributed by atoms with Crippen molar-refractivity contribution in [3.63, 3.8) is 0 Å². The number of Topliss-reactive ketones (excluding diaryl/α,β-unsaturated/α-hetero) is 1. The van der Waals surface area contributed by atoms with Crippen molar-refractivity contribution in [2.75, 3.05) is 27.2 Å². The number of nitrogens with zero attached hydrogens (tertiary/aromatic N) is 2. The highest BCUT2D eigenvalue weighted by molar-refractivity contribution is 6.46. The second kappa shape index (κ2) is 8.79. The smallest absolute Gasteiger partial charge is 0.295 e. The second-order valence-electron chi connectivity index (χ2n) is 7.97. The second-order valence-corrected chi connectivity index (χ2v) is 7.97. The molecule has 2 aromatic carbocycles.